The second kappa shape index (κ2) is 20.3. The largest absolute Gasteiger partial charge is 0.385 e. The maximum atomic E-state index is 12.7. The van der Waals surface area contributed by atoms with E-state index in [0.29, 0.717) is 6.61 Å². The summed E-state index contributed by atoms with van der Waals surface area (Å²) in [5, 5.41) is 9.25. The Labute approximate surface area is 261 Å². The van der Waals surface area contributed by atoms with Crippen molar-refractivity contribution in [2.75, 3.05) is 30.3 Å². The lowest BCUT2D eigenvalue weighted by Gasteiger charge is -2.44. The van der Waals surface area contributed by atoms with Crippen molar-refractivity contribution in [1.29, 1.82) is 0 Å². The zero-order valence-corrected chi connectivity index (χ0v) is 27.6. The van der Waals surface area contributed by atoms with E-state index in [-0.39, 0.29) is 24.8 Å². The second-order valence-corrected chi connectivity index (χ2v) is 12.9. The van der Waals surface area contributed by atoms with Gasteiger partial charge in [0, 0.05) is 36.3 Å². The van der Waals surface area contributed by atoms with Gasteiger partial charge in [0.05, 0.1) is 6.61 Å². The highest BCUT2D eigenvalue weighted by atomic mass is 16.7. The molecule has 1 aromatic rings. The SMILES string of the molecule is CCCCC/C=C\C/C=C\CCCCCCCCNc1cccc(NC(=O)CCNC(=O)C2OC(C)(C)OCC2(C)C)c1. The zero-order valence-electron chi connectivity index (χ0n) is 27.6. The van der Waals surface area contributed by atoms with Crippen LogP contribution >= 0.6 is 0 Å². The van der Waals surface area contributed by atoms with Gasteiger partial charge in [0.1, 0.15) is 6.10 Å². The third kappa shape index (κ3) is 16.1. The Morgan fingerprint density at radius 3 is 2.23 bits per heavy atom. The Morgan fingerprint density at radius 2 is 1.51 bits per heavy atom. The molecule has 2 rings (SSSR count). The topological polar surface area (TPSA) is 88.7 Å². The van der Waals surface area contributed by atoms with Crippen molar-refractivity contribution < 1.29 is 19.1 Å². The lowest BCUT2D eigenvalue weighted by atomic mass is 9.85. The Balaban J connectivity index is 1.52. The van der Waals surface area contributed by atoms with E-state index in [1.165, 1.54) is 64.2 Å². The maximum Gasteiger partial charge on any atom is 0.249 e. The number of allylic oxidation sites excluding steroid dienone is 4. The van der Waals surface area contributed by atoms with E-state index in [0.717, 1.165) is 30.8 Å². The number of carbonyl (C=O) groups excluding carboxylic acids is 2. The summed E-state index contributed by atoms with van der Waals surface area (Å²) in [7, 11) is 0. The number of hydrogen-bond donors (Lipinski definition) is 3. The minimum absolute atomic E-state index is 0.143. The van der Waals surface area contributed by atoms with Gasteiger partial charge < -0.3 is 25.4 Å². The third-order valence-electron chi connectivity index (χ3n) is 7.65. The monoisotopic (exact) mass is 597 g/mol. The Hall–Kier alpha value is -2.64. The summed E-state index contributed by atoms with van der Waals surface area (Å²) in [6, 6.07) is 7.78. The van der Waals surface area contributed by atoms with Crippen LogP contribution in [0.4, 0.5) is 11.4 Å². The molecule has 1 fully saturated rings. The number of ether oxygens (including phenoxy) is 2. The summed E-state index contributed by atoms with van der Waals surface area (Å²) in [5.74, 6) is -1.17. The fourth-order valence-electron chi connectivity index (χ4n) is 4.99. The van der Waals surface area contributed by atoms with Crippen LogP contribution < -0.4 is 16.0 Å². The molecule has 0 bridgehead atoms. The van der Waals surface area contributed by atoms with Gasteiger partial charge in [-0.3, -0.25) is 9.59 Å². The van der Waals surface area contributed by atoms with Crippen LogP contribution in [0.15, 0.2) is 48.6 Å². The molecule has 1 unspecified atom stereocenters. The van der Waals surface area contributed by atoms with Crippen LogP contribution in [0.3, 0.4) is 0 Å². The second-order valence-electron chi connectivity index (χ2n) is 12.9. The summed E-state index contributed by atoms with van der Waals surface area (Å²) >= 11 is 0. The molecule has 242 valence electrons. The molecule has 0 spiro atoms. The van der Waals surface area contributed by atoms with Crippen LogP contribution in [0.5, 0.6) is 0 Å². The van der Waals surface area contributed by atoms with Gasteiger partial charge in [0.15, 0.2) is 5.79 Å². The Bertz CT molecular complexity index is 1000. The minimum Gasteiger partial charge on any atom is -0.385 e. The number of nitrogens with one attached hydrogen (secondary N) is 3. The van der Waals surface area contributed by atoms with E-state index in [9.17, 15) is 9.59 Å². The van der Waals surface area contributed by atoms with Crippen LogP contribution in [0, 0.1) is 5.41 Å². The highest BCUT2D eigenvalue weighted by Gasteiger charge is 2.45. The Kier molecular flexibility index (Phi) is 17.3. The van der Waals surface area contributed by atoms with Crippen molar-refractivity contribution in [3.63, 3.8) is 0 Å². The molecule has 1 saturated heterocycles. The van der Waals surface area contributed by atoms with Crippen molar-refractivity contribution in [1.82, 2.24) is 5.32 Å². The molecule has 0 radical (unpaired) electrons. The lowest BCUT2D eigenvalue weighted by Crippen LogP contribution is -2.56. The molecule has 0 aliphatic carbocycles. The number of carbonyl (C=O) groups is 2. The van der Waals surface area contributed by atoms with Gasteiger partial charge in [-0.25, -0.2) is 0 Å². The molecule has 1 aliphatic rings. The van der Waals surface area contributed by atoms with Crippen molar-refractivity contribution in [3.8, 4) is 0 Å². The number of hydrogen-bond acceptors (Lipinski definition) is 5. The predicted octanol–water partition coefficient (Wildman–Crippen LogP) is 8.53. The highest BCUT2D eigenvalue weighted by molar-refractivity contribution is 5.91. The van der Waals surface area contributed by atoms with Crippen LogP contribution in [-0.2, 0) is 19.1 Å². The molecular weight excluding hydrogens is 538 g/mol. The van der Waals surface area contributed by atoms with E-state index >= 15 is 0 Å². The van der Waals surface area contributed by atoms with E-state index in [4.69, 9.17) is 9.47 Å². The smallest absolute Gasteiger partial charge is 0.249 e. The lowest BCUT2D eigenvalue weighted by molar-refractivity contribution is -0.304. The van der Waals surface area contributed by atoms with Crippen LogP contribution in [0.25, 0.3) is 0 Å². The molecule has 1 atom stereocenters. The molecule has 0 saturated carbocycles. The quantitative estimate of drug-likeness (QED) is 0.0976. The number of amides is 2. The molecule has 3 N–H and O–H groups in total. The molecule has 1 aromatic carbocycles. The fourth-order valence-corrected chi connectivity index (χ4v) is 4.99. The average Bonchev–Trinajstić information content (AvgIpc) is 2.96. The molecule has 1 aliphatic heterocycles. The number of benzene rings is 1. The van der Waals surface area contributed by atoms with Crippen molar-refractivity contribution in [2.45, 2.75) is 130 Å². The number of rotatable bonds is 21. The predicted molar refractivity (Wildman–Crippen MR) is 179 cm³/mol. The molecule has 0 aromatic heterocycles. The van der Waals surface area contributed by atoms with Crippen molar-refractivity contribution in [2.24, 2.45) is 5.41 Å². The highest BCUT2D eigenvalue weighted by Crippen LogP contribution is 2.34. The van der Waals surface area contributed by atoms with Gasteiger partial charge in [-0.2, -0.15) is 0 Å². The van der Waals surface area contributed by atoms with Gasteiger partial charge in [-0.1, -0.05) is 89.7 Å². The molecule has 2 amide bonds. The molecule has 1 heterocycles. The minimum atomic E-state index is -0.809. The fraction of sp³-hybridized carbons (Fsp3) is 0.667. The van der Waals surface area contributed by atoms with Gasteiger partial charge in [0.2, 0.25) is 11.8 Å². The Morgan fingerprint density at radius 1 is 0.860 bits per heavy atom. The first kappa shape index (κ1) is 36.6. The van der Waals surface area contributed by atoms with E-state index < -0.39 is 17.3 Å². The maximum absolute atomic E-state index is 12.7. The molecule has 43 heavy (non-hydrogen) atoms. The normalized spacial score (nSPS) is 17.7. The van der Waals surface area contributed by atoms with E-state index in [1.807, 2.05) is 38.1 Å². The number of unbranched alkanes of at least 4 members (excludes halogenated alkanes) is 9. The van der Waals surface area contributed by atoms with Gasteiger partial charge in [0.25, 0.3) is 0 Å². The van der Waals surface area contributed by atoms with Gasteiger partial charge in [-0.05, 0) is 70.6 Å². The molecular formula is C36H59N3O4. The standard InChI is InChI=1S/C36H59N3O4/c1-6-7-8-9-10-11-12-13-14-15-16-17-18-19-20-21-26-37-30-23-22-24-31(28-30)39-32(40)25-27-38-34(41)33-35(2,3)29-42-36(4,5)43-33/h10-11,13-14,22-24,28,33,37H,6-9,12,15-21,25-27,29H2,1-5H3,(H,38,41)(H,39,40)/b11-10-,14-13-. The summed E-state index contributed by atoms with van der Waals surface area (Å²) in [6.45, 7) is 11.3. The van der Waals surface area contributed by atoms with Crippen LogP contribution in [0.2, 0.25) is 0 Å². The first-order valence-electron chi connectivity index (χ1n) is 16.7. The zero-order chi connectivity index (χ0) is 31.4. The first-order valence-corrected chi connectivity index (χ1v) is 16.7. The van der Waals surface area contributed by atoms with E-state index in [2.05, 4.69) is 47.2 Å². The average molecular weight is 598 g/mol. The van der Waals surface area contributed by atoms with Crippen LogP contribution in [-0.4, -0.2) is 43.4 Å². The van der Waals surface area contributed by atoms with Gasteiger partial charge in [-0.15, -0.1) is 0 Å². The summed E-state index contributed by atoms with van der Waals surface area (Å²) in [5.41, 5.74) is 1.29. The molecule has 7 heteroatoms. The summed E-state index contributed by atoms with van der Waals surface area (Å²) in [6.07, 6.45) is 23.7. The van der Waals surface area contributed by atoms with Crippen LogP contribution in [0.1, 0.15) is 118 Å². The molecule has 7 nitrogen and oxygen atoms in total. The number of anilines is 2. The van der Waals surface area contributed by atoms with Crippen molar-refractivity contribution in [3.05, 3.63) is 48.6 Å². The summed E-state index contributed by atoms with van der Waals surface area (Å²) in [4.78, 5) is 25.2. The van der Waals surface area contributed by atoms with E-state index in [1.54, 1.807) is 13.8 Å². The van der Waals surface area contributed by atoms with Crippen molar-refractivity contribution >= 4 is 23.2 Å². The third-order valence-corrected chi connectivity index (χ3v) is 7.65. The summed E-state index contributed by atoms with van der Waals surface area (Å²) < 4.78 is 11.6. The first-order chi connectivity index (χ1) is 20.6. The van der Waals surface area contributed by atoms with Gasteiger partial charge >= 0.3 is 0 Å².